The van der Waals surface area contributed by atoms with Crippen LogP contribution in [0.1, 0.15) is 65.3 Å². The Labute approximate surface area is 171 Å². The summed E-state index contributed by atoms with van der Waals surface area (Å²) in [5.41, 5.74) is 3.02. The van der Waals surface area contributed by atoms with E-state index >= 15 is 0 Å². The Morgan fingerprint density at radius 2 is 1.76 bits per heavy atom. The van der Waals surface area contributed by atoms with Crippen LogP contribution in [0.2, 0.25) is 0 Å². The van der Waals surface area contributed by atoms with Gasteiger partial charge < -0.3 is 20.1 Å². The quantitative estimate of drug-likeness (QED) is 0.815. The van der Waals surface area contributed by atoms with Crippen molar-refractivity contribution in [3.63, 3.8) is 0 Å². The number of benzene rings is 1. The Hall–Kier alpha value is -2.83. The molecule has 0 spiro atoms. The summed E-state index contributed by atoms with van der Waals surface area (Å²) in [7, 11) is 3.95. The third-order valence-corrected chi connectivity index (χ3v) is 5.87. The fourth-order valence-electron chi connectivity index (χ4n) is 4.25. The Morgan fingerprint density at radius 3 is 2.45 bits per heavy atom. The summed E-state index contributed by atoms with van der Waals surface area (Å²) in [5, 5.41) is 6.04. The van der Waals surface area contributed by atoms with Crippen molar-refractivity contribution in [1.82, 2.24) is 14.9 Å². The molecule has 29 heavy (non-hydrogen) atoms. The number of amides is 2. The summed E-state index contributed by atoms with van der Waals surface area (Å²) >= 11 is 0. The smallest absolute Gasteiger partial charge is 0.287 e. The van der Waals surface area contributed by atoms with E-state index in [4.69, 9.17) is 0 Å². The number of nitrogens with zero attached hydrogens (tertiary/aromatic N) is 3. The van der Waals surface area contributed by atoms with E-state index in [1.165, 1.54) is 0 Å². The second-order valence-corrected chi connectivity index (χ2v) is 8.19. The zero-order chi connectivity index (χ0) is 20.4. The number of hydrogen-bond donors (Lipinski definition) is 2. The number of rotatable bonds is 5. The molecule has 1 fully saturated rings. The summed E-state index contributed by atoms with van der Waals surface area (Å²) in [6.45, 7) is 0.737. The van der Waals surface area contributed by atoms with Crippen LogP contribution >= 0.6 is 0 Å². The molecule has 1 aromatic carbocycles. The van der Waals surface area contributed by atoms with Gasteiger partial charge in [-0.15, -0.1) is 0 Å². The molecule has 1 aliphatic carbocycles. The van der Waals surface area contributed by atoms with E-state index in [0.717, 1.165) is 68.6 Å². The van der Waals surface area contributed by atoms with Crippen LogP contribution in [-0.4, -0.2) is 41.5 Å². The standard InChI is InChI=1S/C22H29N5O2/c1-26(2)17-12-10-16(11-13-17)23-21(28)19-18-9-5-6-14-27(18)20(25-19)22(29)24-15-7-3-4-8-15/h10-13,15H,3-9,14H2,1-2H3,(H,23,28)(H,24,29). The molecule has 0 radical (unpaired) electrons. The topological polar surface area (TPSA) is 79.3 Å². The molecule has 2 aromatic rings. The van der Waals surface area contributed by atoms with Crippen LogP contribution in [0.15, 0.2) is 24.3 Å². The lowest BCUT2D eigenvalue weighted by molar-refractivity contribution is 0.0921. The maximum Gasteiger partial charge on any atom is 0.287 e. The SMILES string of the molecule is CN(C)c1ccc(NC(=O)c2nc(C(=O)NC3CCCC3)n3c2CCCC3)cc1. The van der Waals surface area contributed by atoms with Crippen LogP contribution in [0.5, 0.6) is 0 Å². The maximum atomic E-state index is 13.0. The molecule has 154 valence electrons. The maximum absolute atomic E-state index is 13.0. The molecular weight excluding hydrogens is 366 g/mol. The number of nitrogens with one attached hydrogen (secondary N) is 2. The molecule has 1 saturated carbocycles. The average molecular weight is 396 g/mol. The lowest BCUT2D eigenvalue weighted by atomic mass is 10.1. The molecule has 0 bridgehead atoms. The predicted octanol–water partition coefficient (Wildman–Crippen LogP) is 3.21. The lowest BCUT2D eigenvalue weighted by Gasteiger charge is -2.18. The van der Waals surface area contributed by atoms with Gasteiger partial charge >= 0.3 is 0 Å². The van der Waals surface area contributed by atoms with E-state index in [1.54, 1.807) is 0 Å². The number of carbonyl (C=O) groups excluding carboxylic acids is 2. The van der Waals surface area contributed by atoms with Gasteiger partial charge in [-0.2, -0.15) is 0 Å². The first-order valence-corrected chi connectivity index (χ1v) is 10.5. The molecule has 1 aromatic heterocycles. The van der Waals surface area contributed by atoms with E-state index in [0.29, 0.717) is 11.5 Å². The molecule has 2 N–H and O–H groups in total. The molecule has 1 aliphatic heterocycles. The molecule has 2 amide bonds. The Bertz CT molecular complexity index is 895. The molecule has 4 rings (SSSR count). The van der Waals surface area contributed by atoms with Gasteiger partial charge in [-0.3, -0.25) is 9.59 Å². The van der Waals surface area contributed by atoms with Crippen LogP contribution in [0.25, 0.3) is 0 Å². The number of imidazole rings is 1. The first kappa shape index (κ1) is 19.5. The van der Waals surface area contributed by atoms with Gasteiger partial charge in [0.15, 0.2) is 11.5 Å². The van der Waals surface area contributed by atoms with Gasteiger partial charge in [-0.05, 0) is 56.4 Å². The van der Waals surface area contributed by atoms with Crippen molar-refractivity contribution in [3.05, 3.63) is 41.5 Å². The second-order valence-electron chi connectivity index (χ2n) is 8.19. The molecule has 7 heteroatoms. The Morgan fingerprint density at radius 1 is 1.03 bits per heavy atom. The molecule has 2 aliphatic rings. The molecule has 7 nitrogen and oxygen atoms in total. The van der Waals surface area contributed by atoms with Crippen LogP contribution < -0.4 is 15.5 Å². The summed E-state index contributed by atoms with van der Waals surface area (Å²) in [6.07, 6.45) is 7.14. The largest absolute Gasteiger partial charge is 0.378 e. The van der Waals surface area contributed by atoms with Crippen molar-refractivity contribution in [3.8, 4) is 0 Å². The number of fused-ring (bicyclic) bond motifs is 1. The fourth-order valence-corrected chi connectivity index (χ4v) is 4.25. The van der Waals surface area contributed by atoms with Crippen LogP contribution in [-0.2, 0) is 13.0 Å². The van der Waals surface area contributed by atoms with Gasteiger partial charge in [0.2, 0.25) is 0 Å². The van der Waals surface area contributed by atoms with E-state index in [1.807, 2.05) is 47.8 Å². The minimum Gasteiger partial charge on any atom is -0.378 e. The normalized spacial score (nSPS) is 16.3. The van der Waals surface area contributed by atoms with E-state index in [-0.39, 0.29) is 17.9 Å². The minimum absolute atomic E-state index is 0.158. The minimum atomic E-state index is -0.256. The zero-order valence-electron chi connectivity index (χ0n) is 17.2. The number of hydrogen-bond acceptors (Lipinski definition) is 4. The van der Waals surface area contributed by atoms with Crippen molar-refractivity contribution in [2.45, 2.75) is 57.5 Å². The van der Waals surface area contributed by atoms with E-state index < -0.39 is 0 Å². The molecular formula is C22H29N5O2. The third kappa shape index (κ3) is 4.13. The number of aromatic nitrogens is 2. The van der Waals surface area contributed by atoms with Gasteiger partial charge in [0.1, 0.15) is 0 Å². The van der Waals surface area contributed by atoms with Gasteiger partial charge in [-0.25, -0.2) is 4.98 Å². The van der Waals surface area contributed by atoms with Crippen LogP contribution in [0.4, 0.5) is 11.4 Å². The Kier molecular flexibility index (Phi) is 5.56. The Balaban J connectivity index is 1.55. The molecule has 0 unspecified atom stereocenters. The van der Waals surface area contributed by atoms with Crippen molar-refractivity contribution >= 4 is 23.2 Å². The van der Waals surface area contributed by atoms with Gasteiger partial charge in [0.05, 0.1) is 5.69 Å². The molecule has 0 saturated heterocycles. The summed E-state index contributed by atoms with van der Waals surface area (Å²) < 4.78 is 1.94. The van der Waals surface area contributed by atoms with Gasteiger partial charge in [-0.1, -0.05) is 12.8 Å². The fraction of sp³-hybridized carbons (Fsp3) is 0.500. The first-order chi connectivity index (χ1) is 14.0. The van der Waals surface area contributed by atoms with E-state index in [9.17, 15) is 9.59 Å². The highest BCUT2D eigenvalue weighted by Crippen LogP contribution is 2.24. The zero-order valence-corrected chi connectivity index (χ0v) is 17.2. The third-order valence-electron chi connectivity index (χ3n) is 5.87. The van der Waals surface area contributed by atoms with E-state index in [2.05, 4.69) is 15.6 Å². The lowest BCUT2D eigenvalue weighted by Crippen LogP contribution is -2.35. The van der Waals surface area contributed by atoms with Crippen LogP contribution in [0.3, 0.4) is 0 Å². The van der Waals surface area contributed by atoms with Crippen molar-refractivity contribution < 1.29 is 9.59 Å². The highest BCUT2D eigenvalue weighted by Gasteiger charge is 2.29. The van der Waals surface area contributed by atoms with Crippen LogP contribution in [0, 0.1) is 0 Å². The van der Waals surface area contributed by atoms with Crippen molar-refractivity contribution in [2.75, 3.05) is 24.3 Å². The number of carbonyl (C=O) groups is 2. The number of anilines is 2. The highest BCUT2D eigenvalue weighted by atomic mass is 16.2. The summed E-state index contributed by atoms with van der Waals surface area (Å²) in [4.78, 5) is 32.3. The molecule has 0 atom stereocenters. The summed E-state index contributed by atoms with van der Waals surface area (Å²) in [5.74, 6) is -0.0395. The van der Waals surface area contributed by atoms with Gasteiger partial charge in [0, 0.05) is 38.1 Å². The van der Waals surface area contributed by atoms with Gasteiger partial charge in [0.25, 0.3) is 11.8 Å². The summed E-state index contributed by atoms with van der Waals surface area (Å²) in [6, 6.07) is 7.90. The monoisotopic (exact) mass is 395 g/mol. The highest BCUT2D eigenvalue weighted by molar-refractivity contribution is 6.05. The van der Waals surface area contributed by atoms with Crippen molar-refractivity contribution in [2.24, 2.45) is 0 Å². The predicted molar refractivity (Wildman–Crippen MR) is 114 cm³/mol. The average Bonchev–Trinajstić information content (AvgIpc) is 3.36. The van der Waals surface area contributed by atoms with Crippen molar-refractivity contribution in [1.29, 1.82) is 0 Å². The molecule has 2 heterocycles. The second kappa shape index (κ2) is 8.27. The first-order valence-electron chi connectivity index (χ1n) is 10.5.